The maximum atomic E-state index is 12.8. The van der Waals surface area contributed by atoms with Gasteiger partial charge in [-0.05, 0) is 17.7 Å². The number of benzene rings is 1. The molecule has 0 spiro atoms. The summed E-state index contributed by atoms with van der Waals surface area (Å²) < 4.78 is 6.52. The van der Waals surface area contributed by atoms with Crippen LogP contribution in [-0.2, 0) is 11.3 Å². The molecule has 6 nitrogen and oxygen atoms in total. The Hall–Kier alpha value is -2.67. The monoisotopic (exact) mass is 343 g/mol. The molecule has 2 aromatic heterocycles. The van der Waals surface area contributed by atoms with Crippen LogP contribution in [0.2, 0.25) is 0 Å². The molecule has 0 aliphatic carbocycles. The van der Waals surface area contributed by atoms with E-state index in [-0.39, 0.29) is 18.0 Å². The van der Waals surface area contributed by atoms with Crippen LogP contribution in [0.3, 0.4) is 0 Å². The lowest BCUT2D eigenvalue weighted by molar-refractivity contribution is -0.129. The van der Waals surface area contributed by atoms with E-state index in [0.29, 0.717) is 10.2 Å². The zero-order valence-corrected chi connectivity index (χ0v) is 14.5. The number of likely N-dealkylation sites (N-methyl/N-ethyl adjacent to an activating group) is 1. The molecule has 2 heterocycles. The summed E-state index contributed by atoms with van der Waals surface area (Å²) in [5.41, 5.74) is 1.53. The Morgan fingerprint density at radius 2 is 2.00 bits per heavy atom. The number of hydrogen-bond acceptors (Lipinski definition) is 5. The largest absolute Gasteiger partial charge is 0.497 e. The Morgan fingerprint density at radius 1 is 1.29 bits per heavy atom. The first-order valence-electron chi connectivity index (χ1n) is 7.32. The van der Waals surface area contributed by atoms with Crippen LogP contribution in [0.25, 0.3) is 21.3 Å². The van der Waals surface area contributed by atoms with Crippen LogP contribution in [0.1, 0.15) is 0 Å². The summed E-state index contributed by atoms with van der Waals surface area (Å²) in [7, 11) is 4.93. The molecule has 0 saturated heterocycles. The van der Waals surface area contributed by atoms with E-state index in [1.807, 2.05) is 29.6 Å². The standard InChI is InChI=1S/C17H17N3O3S/c1-19(2)14(21)8-20-10-18-16-15(17(20)22)13(9-24-16)11-4-6-12(23-3)7-5-11/h4-7,9-10H,8H2,1-3H3. The number of methoxy groups -OCH3 is 1. The number of aromatic nitrogens is 2. The fourth-order valence-corrected chi connectivity index (χ4v) is 3.26. The summed E-state index contributed by atoms with van der Waals surface area (Å²) in [6, 6.07) is 7.51. The molecule has 24 heavy (non-hydrogen) atoms. The third-order valence-electron chi connectivity index (χ3n) is 3.77. The van der Waals surface area contributed by atoms with Crippen molar-refractivity contribution in [1.29, 1.82) is 0 Å². The molecule has 0 fully saturated rings. The van der Waals surface area contributed by atoms with Gasteiger partial charge in [0.2, 0.25) is 5.91 Å². The first-order valence-corrected chi connectivity index (χ1v) is 8.20. The first-order chi connectivity index (χ1) is 11.5. The summed E-state index contributed by atoms with van der Waals surface area (Å²) in [5, 5.41) is 2.46. The van der Waals surface area contributed by atoms with Crippen molar-refractivity contribution in [3.63, 3.8) is 0 Å². The lowest BCUT2D eigenvalue weighted by atomic mass is 10.1. The Morgan fingerprint density at radius 3 is 2.62 bits per heavy atom. The molecule has 1 aromatic carbocycles. The number of ether oxygens (including phenoxy) is 1. The van der Waals surface area contributed by atoms with Crippen molar-refractivity contribution < 1.29 is 9.53 Å². The average molecular weight is 343 g/mol. The van der Waals surface area contributed by atoms with Crippen LogP contribution in [0.5, 0.6) is 5.75 Å². The highest BCUT2D eigenvalue weighted by atomic mass is 32.1. The van der Waals surface area contributed by atoms with Crippen LogP contribution in [0.4, 0.5) is 0 Å². The Labute approximate surface area is 142 Å². The molecule has 3 aromatic rings. The summed E-state index contributed by atoms with van der Waals surface area (Å²) in [5.74, 6) is 0.602. The SMILES string of the molecule is COc1ccc(-c2csc3ncn(CC(=O)N(C)C)c(=O)c23)cc1. The van der Waals surface area contributed by atoms with Gasteiger partial charge >= 0.3 is 0 Å². The fourth-order valence-electron chi connectivity index (χ4n) is 2.35. The minimum absolute atomic E-state index is 0.0212. The zero-order valence-electron chi connectivity index (χ0n) is 13.6. The van der Waals surface area contributed by atoms with Gasteiger partial charge < -0.3 is 9.64 Å². The molecule has 1 amide bonds. The minimum atomic E-state index is -0.206. The third kappa shape index (κ3) is 2.90. The van der Waals surface area contributed by atoms with Crippen LogP contribution >= 0.6 is 11.3 Å². The number of rotatable bonds is 4. The highest BCUT2D eigenvalue weighted by Gasteiger charge is 2.15. The van der Waals surface area contributed by atoms with Gasteiger partial charge in [-0.2, -0.15) is 0 Å². The van der Waals surface area contributed by atoms with Gasteiger partial charge in [-0.25, -0.2) is 4.98 Å². The number of fused-ring (bicyclic) bond motifs is 1. The van der Waals surface area contributed by atoms with E-state index in [0.717, 1.165) is 16.9 Å². The lowest BCUT2D eigenvalue weighted by Crippen LogP contribution is -2.31. The van der Waals surface area contributed by atoms with E-state index < -0.39 is 0 Å². The van der Waals surface area contributed by atoms with Crippen LogP contribution in [-0.4, -0.2) is 41.6 Å². The molecule has 3 rings (SSSR count). The molecule has 0 N–H and O–H groups in total. The second-order valence-corrected chi connectivity index (χ2v) is 6.38. The lowest BCUT2D eigenvalue weighted by Gasteiger charge is -2.11. The van der Waals surface area contributed by atoms with E-state index in [1.54, 1.807) is 21.2 Å². The van der Waals surface area contributed by atoms with Gasteiger partial charge in [-0.3, -0.25) is 14.2 Å². The van der Waals surface area contributed by atoms with Crippen LogP contribution in [0, 0.1) is 0 Å². The van der Waals surface area contributed by atoms with Gasteiger partial charge in [0.25, 0.3) is 5.56 Å². The number of thiophene rings is 1. The summed E-state index contributed by atoms with van der Waals surface area (Å²) in [6.07, 6.45) is 1.43. The zero-order chi connectivity index (χ0) is 17.3. The molecule has 0 bridgehead atoms. The number of carbonyl (C=O) groups is 1. The summed E-state index contributed by atoms with van der Waals surface area (Å²) in [6.45, 7) is -0.0212. The highest BCUT2D eigenvalue weighted by Crippen LogP contribution is 2.31. The van der Waals surface area contributed by atoms with Crippen molar-refractivity contribution in [1.82, 2.24) is 14.5 Å². The number of carbonyl (C=O) groups excluding carboxylic acids is 1. The van der Waals surface area contributed by atoms with E-state index in [9.17, 15) is 9.59 Å². The van der Waals surface area contributed by atoms with Crippen molar-refractivity contribution in [3.8, 4) is 16.9 Å². The van der Waals surface area contributed by atoms with E-state index in [2.05, 4.69) is 4.98 Å². The summed E-state index contributed by atoms with van der Waals surface area (Å²) in [4.78, 5) is 31.1. The molecule has 0 saturated carbocycles. The van der Waals surface area contributed by atoms with Crippen molar-refractivity contribution in [2.75, 3.05) is 21.2 Å². The van der Waals surface area contributed by atoms with Crippen LogP contribution < -0.4 is 10.3 Å². The van der Waals surface area contributed by atoms with Gasteiger partial charge in [0, 0.05) is 25.0 Å². The average Bonchev–Trinajstić information content (AvgIpc) is 3.02. The second kappa shape index (κ2) is 6.45. The Kier molecular flexibility index (Phi) is 4.35. The molecule has 0 aliphatic rings. The van der Waals surface area contributed by atoms with Gasteiger partial charge in [0.15, 0.2) is 0 Å². The van der Waals surface area contributed by atoms with Crippen molar-refractivity contribution >= 4 is 27.5 Å². The van der Waals surface area contributed by atoms with Gasteiger partial charge in [-0.1, -0.05) is 12.1 Å². The van der Waals surface area contributed by atoms with Crippen molar-refractivity contribution in [3.05, 3.63) is 46.3 Å². The summed E-state index contributed by atoms with van der Waals surface area (Å²) >= 11 is 1.42. The Balaban J connectivity index is 2.09. The molecule has 0 atom stereocenters. The number of hydrogen-bond donors (Lipinski definition) is 0. The quantitative estimate of drug-likeness (QED) is 0.729. The fraction of sp³-hybridized carbons (Fsp3) is 0.235. The first kappa shape index (κ1) is 16.2. The second-order valence-electron chi connectivity index (χ2n) is 5.52. The molecule has 7 heteroatoms. The molecular formula is C17H17N3O3S. The molecule has 0 unspecified atom stereocenters. The number of nitrogens with zero attached hydrogens (tertiary/aromatic N) is 3. The van der Waals surface area contributed by atoms with Crippen molar-refractivity contribution in [2.45, 2.75) is 6.54 Å². The molecule has 124 valence electrons. The highest BCUT2D eigenvalue weighted by molar-refractivity contribution is 7.17. The van der Waals surface area contributed by atoms with Crippen LogP contribution in [0.15, 0.2) is 40.8 Å². The predicted octanol–water partition coefficient (Wildman–Crippen LogP) is 2.22. The molecule has 0 radical (unpaired) electrons. The topological polar surface area (TPSA) is 64.4 Å². The van der Waals surface area contributed by atoms with E-state index in [4.69, 9.17) is 4.74 Å². The van der Waals surface area contributed by atoms with Gasteiger partial charge in [0.1, 0.15) is 17.1 Å². The number of amides is 1. The van der Waals surface area contributed by atoms with E-state index >= 15 is 0 Å². The van der Waals surface area contributed by atoms with Gasteiger partial charge in [-0.15, -0.1) is 11.3 Å². The molecule has 0 aliphatic heterocycles. The maximum Gasteiger partial charge on any atom is 0.263 e. The van der Waals surface area contributed by atoms with Gasteiger partial charge in [0.05, 0.1) is 18.8 Å². The predicted molar refractivity (Wildman–Crippen MR) is 94.6 cm³/mol. The maximum absolute atomic E-state index is 12.8. The Bertz CT molecular complexity index is 942. The third-order valence-corrected chi connectivity index (χ3v) is 4.65. The molecular weight excluding hydrogens is 326 g/mol. The normalized spacial score (nSPS) is 10.8. The smallest absolute Gasteiger partial charge is 0.263 e. The van der Waals surface area contributed by atoms with E-state index in [1.165, 1.54) is 27.1 Å². The van der Waals surface area contributed by atoms with Crippen molar-refractivity contribution in [2.24, 2.45) is 0 Å². The minimum Gasteiger partial charge on any atom is -0.497 e.